The van der Waals surface area contributed by atoms with Gasteiger partial charge in [-0.2, -0.15) is 0 Å². The summed E-state index contributed by atoms with van der Waals surface area (Å²) in [5, 5.41) is 11.2. The number of nitrogens with zero attached hydrogens (tertiary/aromatic N) is 2. The molecule has 0 fully saturated rings. The molecule has 3 aromatic rings. The minimum Gasteiger partial charge on any atom is -0.453 e. The van der Waals surface area contributed by atoms with E-state index in [0.717, 1.165) is 36.2 Å². The van der Waals surface area contributed by atoms with E-state index in [1.165, 1.54) is 28.3 Å². The molecule has 0 radical (unpaired) electrons. The molecule has 0 saturated carbocycles. The van der Waals surface area contributed by atoms with Gasteiger partial charge in [0, 0.05) is 10.9 Å². The molecular formula is C17H15N3O5S2. The van der Waals surface area contributed by atoms with E-state index >= 15 is 0 Å². The van der Waals surface area contributed by atoms with E-state index in [9.17, 15) is 19.7 Å². The quantitative estimate of drug-likeness (QED) is 0.404. The Balaban J connectivity index is 1.55. The first kappa shape index (κ1) is 17.8. The van der Waals surface area contributed by atoms with E-state index in [2.05, 4.69) is 16.9 Å². The predicted octanol–water partition coefficient (Wildman–Crippen LogP) is 3.44. The predicted molar refractivity (Wildman–Crippen MR) is 102 cm³/mol. The van der Waals surface area contributed by atoms with E-state index < -0.39 is 10.9 Å². The Morgan fingerprint density at radius 2 is 2.26 bits per heavy atom. The number of rotatable bonds is 4. The zero-order valence-electron chi connectivity index (χ0n) is 14.3. The van der Waals surface area contributed by atoms with Crippen LogP contribution in [0.4, 0.5) is 5.00 Å². The maximum atomic E-state index is 12.5. The van der Waals surface area contributed by atoms with Crippen molar-refractivity contribution in [3.8, 4) is 0 Å². The van der Waals surface area contributed by atoms with E-state index in [-0.39, 0.29) is 27.9 Å². The number of esters is 1. The molecular weight excluding hydrogens is 390 g/mol. The highest BCUT2D eigenvalue weighted by molar-refractivity contribution is 7.18. The molecule has 1 aliphatic rings. The first-order valence-electron chi connectivity index (χ1n) is 8.37. The number of carbonyl (C=O) groups excluding carboxylic acids is 1. The zero-order valence-corrected chi connectivity index (χ0v) is 15.9. The Labute approximate surface area is 161 Å². The first-order valence-corrected chi connectivity index (χ1v) is 10.0. The molecule has 1 N–H and O–H groups in total. The highest BCUT2D eigenvalue weighted by Crippen LogP contribution is 2.35. The average molecular weight is 405 g/mol. The largest absolute Gasteiger partial charge is 0.453 e. The second kappa shape index (κ2) is 6.86. The second-order valence-electron chi connectivity index (χ2n) is 6.52. The molecule has 1 unspecified atom stereocenters. The third-order valence-corrected chi connectivity index (χ3v) is 6.69. The first-order chi connectivity index (χ1) is 12.9. The molecule has 8 nitrogen and oxygen atoms in total. The lowest BCUT2D eigenvalue weighted by Crippen LogP contribution is -2.16. The lowest BCUT2D eigenvalue weighted by atomic mass is 9.89. The maximum Gasteiger partial charge on any atom is 0.348 e. The van der Waals surface area contributed by atoms with Crippen LogP contribution in [0.5, 0.6) is 0 Å². The number of hydrogen-bond donors (Lipinski definition) is 1. The topological polar surface area (TPSA) is 115 Å². The molecule has 140 valence electrons. The summed E-state index contributed by atoms with van der Waals surface area (Å²) in [6.45, 7) is 2.00. The number of thiophene rings is 2. The molecule has 3 heterocycles. The second-order valence-corrected chi connectivity index (χ2v) is 8.66. The van der Waals surface area contributed by atoms with Gasteiger partial charge >= 0.3 is 11.0 Å². The number of nitrogens with one attached hydrogen (secondary N) is 1. The van der Waals surface area contributed by atoms with Gasteiger partial charge in [-0.3, -0.25) is 14.9 Å². The molecule has 3 aromatic heterocycles. The molecule has 0 bridgehead atoms. The third kappa shape index (κ3) is 3.37. The zero-order chi connectivity index (χ0) is 19.1. The van der Waals surface area contributed by atoms with Crippen LogP contribution in [0, 0.1) is 16.0 Å². The number of aryl methyl sites for hydroxylation is 1. The monoisotopic (exact) mass is 405 g/mol. The number of carbonyl (C=O) groups is 1. The standard InChI is InChI=1S/C17H15N3O5S2/c1-8-2-3-9-11(6-8)27-16-14(9)15(21)18-12(19-16)7-25-17(22)10-4-5-13(26-10)20(23)24/h4-5,8H,2-3,6-7H2,1H3,(H,18,19,21). The molecule has 10 heteroatoms. The molecule has 1 aliphatic carbocycles. The van der Waals surface area contributed by atoms with Crippen molar-refractivity contribution >= 4 is 43.9 Å². The number of aromatic nitrogens is 2. The molecule has 1 atom stereocenters. The summed E-state index contributed by atoms with van der Waals surface area (Å²) >= 11 is 2.27. The Bertz CT molecular complexity index is 1110. The van der Waals surface area contributed by atoms with Crippen molar-refractivity contribution in [1.82, 2.24) is 9.97 Å². The Hall–Kier alpha value is -2.59. The van der Waals surface area contributed by atoms with Gasteiger partial charge in [0.15, 0.2) is 0 Å². The Kier molecular flexibility index (Phi) is 4.52. The van der Waals surface area contributed by atoms with Crippen molar-refractivity contribution in [2.24, 2.45) is 5.92 Å². The van der Waals surface area contributed by atoms with Gasteiger partial charge in [-0.15, -0.1) is 11.3 Å². The van der Waals surface area contributed by atoms with Gasteiger partial charge in [0.05, 0.1) is 10.3 Å². The number of ether oxygens (including phenoxy) is 1. The van der Waals surface area contributed by atoms with Crippen molar-refractivity contribution < 1.29 is 14.5 Å². The third-order valence-electron chi connectivity index (χ3n) is 4.53. The Morgan fingerprint density at radius 1 is 1.44 bits per heavy atom. The van der Waals surface area contributed by atoms with Crippen molar-refractivity contribution in [2.45, 2.75) is 32.8 Å². The fraction of sp³-hybridized carbons (Fsp3) is 0.353. The maximum absolute atomic E-state index is 12.5. The fourth-order valence-electron chi connectivity index (χ4n) is 3.20. The summed E-state index contributed by atoms with van der Waals surface area (Å²) in [5.74, 6) is 0.175. The van der Waals surface area contributed by atoms with Crippen LogP contribution in [-0.2, 0) is 24.2 Å². The van der Waals surface area contributed by atoms with Crippen molar-refractivity contribution in [2.75, 3.05) is 0 Å². The van der Waals surface area contributed by atoms with Gasteiger partial charge in [0.25, 0.3) is 5.56 Å². The summed E-state index contributed by atoms with van der Waals surface area (Å²) in [5.41, 5.74) is 0.876. The van der Waals surface area contributed by atoms with E-state index in [1.807, 2.05) is 0 Å². The molecule has 27 heavy (non-hydrogen) atoms. The van der Waals surface area contributed by atoms with Crippen LogP contribution in [-0.4, -0.2) is 20.9 Å². The lowest BCUT2D eigenvalue weighted by molar-refractivity contribution is -0.380. The van der Waals surface area contributed by atoms with Gasteiger partial charge in [-0.05, 0) is 36.8 Å². The fourth-order valence-corrected chi connectivity index (χ4v) is 5.32. The number of hydrogen-bond acceptors (Lipinski definition) is 8. The summed E-state index contributed by atoms with van der Waals surface area (Å²) in [4.78, 5) is 43.8. The SMILES string of the molecule is CC1CCc2c(sc3nc(COC(=O)c4ccc([N+](=O)[O-])s4)[nH]c(=O)c23)C1. The molecule has 0 aliphatic heterocycles. The number of fused-ring (bicyclic) bond motifs is 3. The summed E-state index contributed by atoms with van der Waals surface area (Å²) in [6, 6.07) is 2.60. The van der Waals surface area contributed by atoms with Crippen LogP contribution in [0.25, 0.3) is 10.2 Å². The minimum atomic E-state index is -0.685. The van der Waals surface area contributed by atoms with Crippen LogP contribution >= 0.6 is 22.7 Å². The van der Waals surface area contributed by atoms with Crippen LogP contribution in [0.3, 0.4) is 0 Å². The van der Waals surface area contributed by atoms with Gasteiger partial charge in [-0.1, -0.05) is 18.3 Å². The molecule has 0 aromatic carbocycles. The number of aromatic amines is 1. The number of nitro groups is 1. The molecule has 4 rings (SSSR count). The van der Waals surface area contributed by atoms with E-state index in [1.54, 1.807) is 0 Å². The highest BCUT2D eigenvalue weighted by Gasteiger charge is 2.23. The summed E-state index contributed by atoms with van der Waals surface area (Å²) in [6.07, 6.45) is 2.90. The molecule has 0 amide bonds. The van der Waals surface area contributed by atoms with Crippen molar-refractivity contribution in [3.05, 3.63) is 53.7 Å². The van der Waals surface area contributed by atoms with Crippen molar-refractivity contribution in [1.29, 1.82) is 0 Å². The smallest absolute Gasteiger partial charge is 0.348 e. The van der Waals surface area contributed by atoms with Crippen LogP contribution in [0.2, 0.25) is 0 Å². The minimum absolute atomic E-state index is 0.130. The lowest BCUT2D eigenvalue weighted by Gasteiger charge is -2.17. The van der Waals surface area contributed by atoms with Gasteiger partial charge in [0.2, 0.25) is 0 Å². The van der Waals surface area contributed by atoms with Gasteiger partial charge < -0.3 is 9.72 Å². The van der Waals surface area contributed by atoms with Gasteiger partial charge in [0.1, 0.15) is 22.1 Å². The Morgan fingerprint density at radius 3 is 3.00 bits per heavy atom. The van der Waals surface area contributed by atoms with Gasteiger partial charge in [-0.25, -0.2) is 9.78 Å². The van der Waals surface area contributed by atoms with Crippen LogP contribution in [0.15, 0.2) is 16.9 Å². The van der Waals surface area contributed by atoms with Crippen LogP contribution < -0.4 is 5.56 Å². The van der Waals surface area contributed by atoms with E-state index in [0.29, 0.717) is 16.1 Å². The molecule has 0 saturated heterocycles. The normalized spacial score (nSPS) is 16.3. The average Bonchev–Trinajstić information content (AvgIpc) is 3.24. The summed E-state index contributed by atoms with van der Waals surface area (Å²) < 4.78 is 5.15. The number of H-pyrrole nitrogens is 1. The molecule has 0 spiro atoms. The van der Waals surface area contributed by atoms with Crippen molar-refractivity contribution in [3.63, 3.8) is 0 Å². The summed E-state index contributed by atoms with van der Waals surface area (Å²) in [7, 11) is 0. The van der Waals surface area contributed by atoms with E-state index in [4.69, 9.17) is 4.74 Å². The highest BCUT2D eigenvalue weighted by atomic mass is 32.1. The van der Waals surface area contributed by atoms with Crippen LogP contribution in [0.1, 0.15) is 39.3 Å².